The minimum absolute atomic E-state index is 0.00241. The monoisotopic (exact) mass is 490 g/mol. The van der Waals surface area contributed by atoms with E-state index in [1.165, 1.54) is 28.8 Å². The molecule has 37 heavy (non-hydrogen) atoms. The van der Waals surface area contributed by atoms with Crippen LogP contribution in [0.25, 0.3) is 0 Å². The van der Waals surface area contributed by atoms with Gasteiger partial charge in [-0.3, -0.25) is 0 Å². The summed E-state index contributed by atoms with van der Waals surface area (Å²) < 4.78 is 2.19. The molecule has 0 unspecified atom stereocenters. The molecule has 6 heteroatoms. The number of carboxylic acids is 2. The van der Waals surface area contributed by atoms with Crippen LogP contribution in [0.4, 0.5) is 0 Å². The minimum atomic E-state index is -1.12. The molecule has 0 aliphatic rings. The second-order valence-corrected chi connectivity index (χ2v) is 8.48. The van der Waals surface area contributed by atoms with E-state index in [0.29, 0.717) is 5.56 Å². The quantitative estimate of drug-likeness (QED) is 0.280. The molecule has 0 bridgehead atoms. The van der Waals surface area contributed by atoms with Crippen LogP contribution in [-0.2, 0) is 5.54 Å². The van der Waals surface area contributed by atoms with Gasteiger partial charge in [0.25, 0.3) is 0 Å². The van der Waals surface area contributed by atoms with E-state index in [9.17, 15) is 9.59 Å². The Morgan fingerprint density at radius 2 is 1.08 bits per heavy atom. The van der Waals surface area contributed by atoms with Gasteiger partial charge in [0.05, 0.1) is 17.5 Å². The number of nitrogens with zero attached hydrogens (tertiary/aromatic N) is 2. The van der Waals surface area contributed by atoms with Crippen LogP contribution >= 0.6 is 0 Å². The summed E-state index contributed by atoms with van der Waals surface area (Å²) in [5.74, 6) is -2.24. The SMILES string of the molecule is Cc1cc(C(=O)O)cc(C(=O)O)c1.c1ccc(C(c2ccccc2)(c2ccccc2)n2ccnc2)cc1. The Morgan fingerprint density at radius 1 is 0.676 bits per heavy atom. The summed E-state index contributed by atoms with van der Waals surface area (Å²) in [5, 5.41) is 17.2. The van der Waals surface area contributed by atoms with Crippen LogP contribution in [0, 0.1) is 6.92 Å². The van der Waals surface area contributed by atoms with Crippen molar-refractivity contribution >= 4 is 11.9 Å². The lowest BCUT2D eigenvalue weighted by Crippen LogP contribution is -2.36. The number of aromatic nitrogens is 2. The maximum atomic E-state index is 10.5. The van der Waals surface area contributed by atoms with Gasteiger partial charge in [-0.1, -0.05) is 91.0 Å². The van der Waals surface area contributed by atoms with Gasteiger partial charge in [0.1, 0.15) is 5.54 Å². The van der Waals surface area contributed by atoms with Crippen LogP contribution in [0.15, 0.2) is 128 Å². The van der Waals surface area contributed by atoms with Crippen molar-refractivity contribution in [2.24, 2.45) is 0 Å². The van der Waals surface area contributed by atoms with Gasteiger partial charge in [-0.15, -0.1) is 0 Å². The lowest BCUT2D eigenvalue weighted by Gasteiger charge is -2.37. The van der Waals surface area contributed by atoms with E-state index in [1.54, 1.807) is 6.92 Å². The van der Waals surface area contributed by atoms with Gasteiger partial charge >= 0.3 is 11.9 Å². The molecular weight excluding hydrogens is 464 g/mol. The topological polar surface area (TPSA) is 92.4 Å². The molecule has 2 N–H and O–H groups in total. The van der Waals surface area contributed by atoms with Crippen LogP contribution in [-0.4, -0.2) is 31.7 Å². The van der Waals surface area contributed by atoms with Crippen LogP contribution in [0.3, 0.4) is 0 Å². The third-order valence-corrected chi connectivity index (χ3v) is 6.04. The Kier molecular flexibility index (Phi) is 7.59. The van der Waals surface area contributed by atoms with E-state index in [4.69, 9.17) is 10.2 Å². The summed E-state index contributed by atoms with van der Waals surface area (Å²) in [7, 11) is 0. The van der Waals surface area contributed by atoms with Crippen LogP contribution in [0.2, 0.25) is 0 Å². The van der Waals surface area contributed by atoms with Crippen LogP contribution < -0.4 is 0 Å². The summed E-state index contributed by atoms with van der Waals surface area (Å²) in [6, 6.07) is 35.8. The molecule has 5 aromatic rings. The van der Waals surface area contributed by atoms with Gasteiger partial charge in [-0.25, -0.2) is 14.6 Å². The fraction of sp³-hybridized carbons (Fsp3) is 0.0645. The first-order chi connectivity index (χ1) is 17.9. The molecule has 0 saturated heterocycles. The molecule has 6 nitrogen and oxygen atoms in total. The number of carboxylic acid groups (broad SMARTS) is 2. The number of hydrogen-bond acceptors (Lipinski definition) is 3. The average molecular weight is 491 g/mol. The van der Waals surface area contributed by atoms with Crippen molar-refractivity contribution in [1.29, 1.82) is 0 Å². The summed E-state index contributed by atoms with van der Waals surface area (Å²) in [5.41, 5.74) is 3.80. The van der Waals surface area contributed by atoms with Gasteiger partial charge < -0.3 is 14.8 Å². The van der Waals surface area contributed by atoms with E-state index >= 15 is 0 Å². The Labute approximate surface area is 215 Å². The number of aromatic carboxylic acids is 2. The summed E-state index contributed by atoms with van der Waals surface area (Å²) in [6.07, 6.45) is 5.77. The van der Waals surface area contributed by atoms with E-state index in [2.05, 4.69) is 101 Å². The van der Waals surface area contributed by atoms with Gasteiger partial charge in [0, 0.05) is 12.4 Å². The van der Waals surface area contributed by atoms with Gasteiger partial charge in [0.15, 0.2) is 0 Å². The summed E-state index contributed by atoms with van der Waals surface area (Å²) in [4.78, 5) is 25.4. The van der Waals surface area contributed by atoms with Gasteiger partial charge in [0.2, 0.25) is 0 Å². The molecule has 1 heterocycles. The Balaban J connectivity index is 0.000000209. The zero-order valence-electron chi connectivity index (χ0n) is 20.2. The molecular formula is C31H26N2O4. The van der Waals surface area contributed by atoms with Gasteiger partial charge in [-0.2, -0.15) is 0 Å². The maximum Gasteiger partial charge on any atom is 0.335 e. The number of benzene rings is 4. The number of aryl methyl sites for hydroxylation is 1. The molecule has 1 aromatic heterocycles. The molecule has 5 rings (SSSR count). The van der Waals surface area contributed by atoms with Crippen LogP contribution in [0.1, 0.15) is 43.0 Å². The standard InChI is InChI=1S/C22H18N2.C9H8O4/c1-4-10-19(11-5-1)22(24-17-16-23-18-24,20-12-6-2-7-13-20)21-14-8-3-9-15-21;1-5-2-6(8(10)11)4-7(3-5)9(12)13/h1-18H;2-4H,1H3,(H,10,11)(H,12,13). The Morgan fingerprint density at radius 3 is 1.41 bits per heavy atom. The molecule has 0 fully saturated rings. The smallest absolute Gasteiger partial charge is 0.335 e. The van der Waals surface area contributed by atoms with Crippen molar-refractivity contribution in [3.05, 3.63) is 161 Å². The predicted molar refractivity (Wildman–Crippen MR) is 142 cm³/mol. The number of rotatable bonds is 6. The molecule has 0 spiro atoms. The lowest BCUT2D eigenvalue weighted by molar-refractivity contribution is 0.0696. The highest BCUT2D eigenvalue weighted by Gasteiger charge is 2.37. The molecule has 0 aliphatic heterocycles. The number of hydrogen-bond donors (Lipinski definition) is 2. The first-order valence-electron chi connectivity index (χ1n) is 11.7. The molecule has 0 saturated carbocycles. The van der Waals surface area contributed by atoms with E-state index in [1.807, 2.05) is 18.7 Å². The number of carbonyl (C=O) groups is 2. The fourth-order valence-electron chi connectivity index (χ4n) is 4.47. The first-order valence-corrected chi connectivity index (χ1v) is 11.7. The fourth-order valence-corrected chi connectivity index (χ4v) is 4.47. The van der Waals surface area contributed by atoms with E-state index in [-0.39, 0.29) is 11.1 Å². The lowest BCUT2D eigenvalue weighted by atomic mass is 9.77. The normalized spacial score (nSPS) is 10.7. The maximum absolute atomic E-state index is 10.5. The van der Waals surface area contributed by atoms with Crippen LogP contribution in [0.5, 0.6) is 0 Å². The Bertz CT molecular complexity index is 1340. The second kappa shape index (κ2) is 11.2. The predicted octanol–water partition coefficient (Wildman–Crippen LogP) is 6.11. The first kappa shape index (κ1) is 25.1. The second-order valence-electron chi connectivity index (χ2n) is 8.48. The minimum Gasteiger partial charge on any atom is -0.478 e. The highest BCUT2D eigenvalue weighted by molar-refractivity contribution is 5.94. The van der Waals surface area contributed by atoms with Crippen molar-refractivity contribution in [1.82, 2.24) is 9.55 Å². The largest absolute Gasteiger partial charge is 0.478 e. The molecule has 0 amide bonds. The molecule has 0 aliphatic carbocycles. The number of imidazole rings is 1. The Hall–Kier alpha value is -4.97. The van der Waals surface area contributed by atoms with Gasteiger partial charge in [-0.05, 0) is 47.4 Å². The van der Waals surface area contributed by atoms with E-state index < -0.39 is 17.5 Å². The zero-order chi connectivity index (χ0) is 26.3. The van der Waals surface area contributed by atoms with Crippen molar-refractivity contribution < 1.29 is 19.8 Å². The van der Waals surface area contributed by atoms with Crippen molar-refractivity contribution in [2.45, 2.75) is 12.5 Å². The van der Waals surface area contributed by atoms with Crippen molar-refractivity contribution in [3.8, 4) is 0 Å². The summed E-state index contributed by atoms with van der Waals surface area (Å²) in [6.45, 7) is 1.65. The van der Waals surface area contributed by atoms with E-state index in [0.717, 1.165) is 6.07 Å². The molecule has 0 atom stereocenters. The summed E-state index contributed by atoms with van der Waals surface area (Å²) >= 11 is 0. The third kappa shape index (κ3) is 5.33. The molecule has 0 radical (unpaired) electrons. The highest BCUT2D eigenvalue weighted by Crippen LogP contribution is 2.40. The van der Waals surface area contributed by atoms with Crippen molar-refractivity contribution in [2.75, 3.05) is 0 Å². The average Bonchev–Trinajstić information content (AvgIpc) is 3.46. The van der Waals surface area contributed by atoms with Crippen molar-refractivity contribution in [3.63, 3.8) is 0 Å². The highest BCUT2D eigenvalue weighted by atomic mass is 16.4. The zero-order valence-corrected chi connectivity index (χ0v) is 20.2. The molecule has 184 valence electrons. The third-order valence-electron chi connectivity index (χ3n) is 6.04. The molecule has 4 aromatic carbocycles.